The third kappa shape index (κ3) is 2.80. The number of rotatable bonds is 4. The molecule has 9 heteroatoms. The summed E-state index contributed by atoms with van der Waals surface area (Å²) in [5.74, 6) is 1.13. The molecule has 2 aromatic heterocycles. The fraction of sp³-hybridized carbons (Fsp3) is 0.333. The molecular formula is C9H12N6O2S. The van der Waals surface area contributed by atoms with E-state index >= 15 is 0 Å². The van der Waals surface area contributed by atoms with Crippen molar-refractivity contribution in [2.45, 2.75) is 11.7 Å². The topological polar surface area (TPSA) is 112 Å². The lowest BCUT2D eigenvalue weighted by Gasteiger charge is -2.05. The number of hydrogen-bond donors (Lipinski definition) is 2. The molecule has 3 N–H and O–H groups in total. The zero-order chi connectivity index (χ0) is 13.1. The van der Waals surface area contributed by atoms with Crippen LogP contribution in [0.15, 0.2) is 27.0 Å². The largest absolute Gasteiger partial charge is 0.382 e. The Morgan fingerprint density at radius 1 is 1.50 bits per heavy atom. The molecule has 0 aromatic carbocycles. The molecule has 96 valence electrons. The fourth-order valence-corrected chi connectivity index (χ4v) is 2.17. The molecule has 0 unspecified atom stereocenters. The van der Waals surface area contributed by atoms with Crippen molar-refractivity contribution in [2.75, 3.05) is 11.5 Å². The standard InChI is InChI=1S/C9H12N6O2S/c1-14-9(11-7(16)8(17)13-14)18-5-4-15-3-2-6(10)12-15/h2-3H,4-5H2,1H3,(H2,10,12)(H,13,17). The molecule has 8 nitrogen and oxygen atoms in total. The molecule has 0 aliphatic carbocycles. The molecule has 2 heterocycles. The van der Waals surface area contributed by atoms with Crippen LogP contribution in [0.4, 0.5) is 5.82 Å². The second-order valence-electron chi connectivity index (χ2n) is 3.55. The van der Waals surface area contributed by atoms with E-state index in [0.29, 0.717) is 23.3 Å². The SMILES string of the molecule is Cn1[nH]c(=O)c(=O)nc1SCCn1ccc(N)n1. The maximum absolute atomic E-state index is 11.1. The summed E-state index contributed by atoms with van der Waals surface area (Å²) < 4.78 is 3.12. The number of nitrogens with two attached hydrogens (primary N) is 1. The highest BCUT2D eigenvalue weighted by Crippen LogP contribution is 2.11. The zero-order valence-electron chi connectivity index (χ0n) is 9.66. The van der Waals surface area contributed by atoms with Gasteiger partial charge >= 0.3 is 11.1 Å². The molecule has 0 atom stereocenters. The predicted molar refractivity (Wildman–Crippen MR) is 67.5 cm³/mol. The van der Waals surface area contributed by atoms with Crippen molar-refractivity contribution in [2.24, 2.45) is 7.05 Å². The van der Waals surface area contributed by atoms with Crippen molar-refractivity contribution < 1.29 is 0 Å². The van der Waals surface area contributed by atoms with E-state index in [9.17, 15) is 9.59 Å². The number of aryl methyl sites for hydroxylation is 2. The summed E-state index contributed by atoms with van der Waals surface area (Å²) in [4.78, 5) is 25.8. The molecule has 0 bridgehead atoms. The van der Waals surface area contributed by atoms with E-state index in [2.05, 4.69) is 15.2 Å². The summed E-state index contributed by atoms with van der Waals surface area (Å²) in [5, 5.41) is 6.87. The number of nitrogens with one attached hydrogen (secondary N) is 1. The zero-order valence-corrected chi connectivity index (χ0v) is 10.5. The molecule has 0 spiro atoms. The number of aromatic amines is 1. The van der Waals surface area contributed by atoms with Gasteiger partial charge in [0.15, 0.2) is 5.16 Å². The summed E-state index contributed by atoms with van der Waals surface area (Å²) in [7, 11) is 1.63. The molecule has 0 saturated heterocycles. The van der Waals surface area contributed by atoms with Gasteiger partial charge in [-0.2, -0.15) is 10.1 Å². The molecule has 0 aliphatic rings. The van der Waals surface area contributed by atoms with Crippen LogP contribution in [0.25, 0.3) is 0 Å². The lowest BCUT2D eigenvalue weighted by atomic mass is 10.7. The summed E-state index contributed by atoms with van der Waals surface area (Å²) >= 11 is 1.35. The number of hydrogen-bond acceptors (Lipinski definition) is 6. The number of thioether (sulfide) groups is 1. The molecule has 2 aromatic rings. The van der Waals surface area contributed by atoms with Crippen LogP contribution in [0, 0.1) is 0 Å². The third-order valence-corrected chi connectivity index (χ3v) is 3.17. The molecule has 0 fully saturated rings. The normalized spacial score (nSPS) is 10.7. The molecule has 0 amide bonds. The van der Waals surface area contributed by atoms with Crippen LogP contribution >= 0.6 is 11.8 Å². The molecular weight excluding hydrogens is 256 g/mol. The first kappa shape index (κ1) is 12.4. The second kappa shape index (κ2) is 5.08. The first-order chi connectivity index (χ1) is 8.56. The Balaban J connectivity index is 2.00. The maximum Gasteiger partial charge on any atom is 0.339 e. The Morgan fingerprint density at radius 3 is 2.94 bits per heavy atom. The van der Waals surface area contributed by atoms with Crippen molar-refractivity contribution in [3.05, 3.63) is 33.0 Å². The van der Waals surface area contributed by atoms with E-state index < -0.39 is 11.1 Å². The quantitative estimate of drug-likeness (QED) is 0.545. The minimum atomic E-state index is -0.779. The first-order valence-corrected chi connectivity index (χ1v) is 6.14. The Labute approximate surface area is 106 Å². The van der Waals surface area contributed by atoms with Gasteiger partial charge in [0.2, 0.25) is 0 Å². The van der Waals surface area contributed by atoms with Gasteiger partial charge in [-0.15, -0.1) is 0 Å². The van der Waals surface area contributed by atoms with Crippen LogP contribution < -0.4 is 16.9 Å². The maximum atomic E-state index is 11.1. The minimum Gasteiger partial charge on any atom is -0.382 e. The van der Waals surface area contributed by atoms with Gasteiger partial charge in [0.05, 0.1) is 6.54 Å². The van der Waals surface area contributed by atoms with Crippen LogP contribution in [-0.4, -0.2) is 30.3 Å². The second-order valence-corrected chi connectivity index (χ2v) is 4.61. The summed E-state index contributed by atoms with van der Waals surface area (Å²) in [6.45, 7) is 0.636. The molecule has 2 rings (SSSR count). The van der Waals surface area contributed by atoms with E-state index in [1.165, 1.54) is 16.4 Å². The molecule has 0 radical (unpaired) electrons. The van der Waals surface area contributed by atoms with Gasteiger partial charge in [-0.1, -0.05) is 11.8 Å². The van der Waals surface area contributed by atoms with Crippen LogP contribution in [0.2, 0.25) is 0 Å². The summed E-state index contributed by atoms with van der Waals surface area (Å²) in [6.07, 6.45) is 1.77. The molecule has 18 heavy (non-hydrogen) atoms. The fourth-order valence-electron chi connectivity index (χ4n) is 1.32. The molecule has 0 saturated carbocycles. The average Bonchev–Trinajstić information content (AvgIpc) is 2.71. The van der Waals surface area contributed by atoms with Crippen molar-refractivity contribution >= 4 is 17.6 Å². The van der Waals surface area contributed by atoms with E-state index in [1.807, 2.05) is 0 Å². The van der Waals surface area contributed by atoms with Crippen LogP contribution in [-0.2, 0) is 13.6 Å². The Kier molecular flexibility index (Phi) is 3.51. The number of anilines is 1. The van der Waals surface area contributed by atoms with Crippen molar-refractivity contribution in [3.8, 4) is 0 Å². The van der Waals surface area contributed by atoms with Gasteiger partial charge in [0.25, 0.3) is 0 Å². The van der Waals surface area contributed by atoms with Gasteiger partial charge in [0.1, 0.15) is 5.82 Å². The number of nitrogens with zero attached hydrogens (tertiary/aromatic N) is 4. The first-order valence-electron chi connectivity index (χ1n) is 5.15. The van der Waals surface area contributed by atoms with Crippen molar-refractivity contribution in [1.29, 1.82) is 0 Å². The van der Waals surface area contributed by atoms with Gasteiger partial charge < -0.3 is 5.73 Å². The van der Waals surface area contributed by atoms with E-state index in [-0.39, 0.29) is 0 Å². The van der Waals surface area contributed by atoms with E-state index in [1.54, 1.807) is 24.0 Å². The summed E-state index contributed by atoms with van der Waals surface area (Å²) in [5.41, 5.74) is 3.99. The van der Waals surface area contributed by atoms with Gasteiger partial charge in [0, 0.05) is 19.0 Å². The number of aromatic nitrogens is 5. The highest BCUT2D eigenvalue weighted by molar-refractivity contribution is 7.99. The average molecular weight is 268 g/mol. The lowest BCUT2D eigenvalue weighted by molar-refractivity contribution is 0.594. The third-order valence-electron chi connectivity index (χ3n) is 2.16. The Bertz CT molecular complexity index is 658. The number of nitrogen functional groups attached to an aromatic ring is 1. The van der Waals surface area contributed by atoms with Gasteiger partial charge in [-0.25, -0.2) is 0 Å². The smallest absolute Gasteiger partial charge is 0.339 e. The van der Waals surface area contributed by atoms with Gasteiger partial charge in [-0.05, 0) is 6.07 Å². The van der Waals surface area contributed by atoms with Gasteiger partial charge in [-0.3, -0.25) is 24.1 Å². The summed E-state index contributed by atoms with van der Waals surface area (Å²) in [6, 6.07) is 1.71. The van der Waals surface area contributed by atoms with Crippen LogP contribution in [0.3, 0.4) is 0 Å². The Morgan fingerprint density at radius 2 is 2.28 bits per heavy atom. The monoisotopic (exact) mass is 268 g/mol. The lowest BCUT2D eigenvalue weighted by Crippen LogP contribution is -2.33. The highest BCUT2D eigenvalue weighted by Gasteiger charge is 2.04. The minimum absolute atomic E-state index is 0.458. The van der Waals surface area contributed by atoms with E-state index in [0.717, 1.165) is 0 Å². The Hall–Kier alpha value is -2.03. The van der Waals surface area contributed by atoms with Crippen LogP contribution in [0.5, 0.6) is 0 Å². The predicted octanol–water partition coefficient (Wildman–Crippen LogP) is -0.960. The van der Waals surface area contributed by atoms with E-state index in [4.69, 9.17) is 5.73 Å². The number of H-pyrrole nitrogens is 1. The highest BCUT2D eigenvalue weighted by atomic mass is 32.2. The van der Waals surface area contributed by atoms with Crippen molar-refractivity contribution in [1.82, 2.24) is 24.5 Å². The molecule has 0 aliphatic heterocycles. The van der Waals surface area contributed by atoms with Crippen LogP contribution in [0.1, 0.15) is 0 Å². The van der Waals surface area contributed by atoms with Crippen molar-refractivity contribution in [3.63, 3.8) is 0 Å².